The van der Waals surface area contributed by atoms with Crippen molar-refractivity contribution < 1.29 is 9.90 Å². The van der Waals surface area contributed by atoms with Gasteiger partial charge in [-0.25, -0.2) is 0 Å². The van der Waals surface area contributed by atoms with E-state index >= 15 is 0 Å². The van der Waals surface area contributed by atoms with Crippen LogP contribution in [0.15, 0.2) is 54.7 Å². The van der Waals surface area contributed by atoms with Crippen LogP contribution in [0.3, 0.4) is 0 Å². The van der Waals surface area contributed by atoms with Gasteiger partial charge in [0.15, 0.2) is 0 Å². The topological polar surface area (TPSA) is 59.6 Å². The Morgan fingerprint density at radius 2 is 1.86 bits per heavy atom. The Morgan fingerprint density at radius 1 is 1.06 bits per heavy atom. The van der Waals surface area contributed by atoms with E-state index in [1.807, 2.05) is 17.0 Å². The van der Waals surface area contributed by atoms with Crippen molar-refractivity contribution in [3.8, 4) is 0 Å². The summed E-state index contributed by atoms with van der Waals surface area (Å²) < 4.78 is 0. The highest BCUT2D eigenvalue weighted by atomic mass is 35.5. The maximum absolute atomic E-state index is 12.6. The Morgan fingerprint density at radius 3 is 2.63 bits per heavy atom. The van der Waals surface area contributed by atoms with Crippen molar-refractivity contribution in [2.45, 2.75) is 31.3 Å². The van der Waals surface area contributed by atoms with Crippen molar-refractivity contribution in [3.05, 3.63) is 75.9 Å². The van der Waals surface area contributed by atoms with Crippen molar-refractivity contribution in [1.29, 1.82) is 0 Å². The molecule has 2 aliphatic heterocycles. The first kappa shape index (κ1) is 24.4. The number of para-hydroxylation sites is 1. The van der Waals surface area contributed by atoms with Gasteiger partial charge in [-0.1, -0.05) is 47.5 Å². The van der Waals surface area contributed by atoms with Gasteiger partial charge in [0.25, 0.3) is 0 Å². The Balaban J connectivity index is 1.10. The van der Waals surface area contributed by atoms with Crippen LogP contribution in [0.2, 0.25) is 10.0 Å². The van der Waals surface area contributed by atoms with Crippen LogP contribution < -0.4 is 0 Å². The van der Waals surface area contributed by atoms with Crippen molar-refractivity contribution in [2.75, 3.05) is 32.7 Å². The zero-order valence-corrected chi connectivity index (χ0v) is 21.2. The second kappa shape index (κ2) is 10.8. The molecule has 35 heavy (non-hydrogen) atoms. The molecule has 1 aromatic heterocycles. The van der Waals surface area contributed by atoms with E-state index < -0.39 is 0 Å². The number of hydrogen-bond donors (Lipinski definition) is 2. The van der Waals surface area contributed by atoms with E-state index in [0.717, 1.165) is 56.5 Å². The summed E-state index contributed by atoms with van der Waals surface area (Å²) in [6.07, 6.45) is 8.05. The minimum atomic E-state index is -0.365. The highest BCUT2D eigenvalue weighted by Gasteiger charge is 2.32. The van der Waals surface area contributed by atoms with Gasteiger partial charge in [-0.3, -0.25) is 4.79 Å². The molecule has 3 aromatic rings. The number of H-pyrrole nitrogens is 1. The molecule has 2 saturated heterocycles. The SMILES string of the molecule is O=C(/C=C/c1ccc(Cl)c(Cl)c1)N1CCC(CN2CCC(c3c[nH]c4ccccc34)C(O)C2)CC1. The zero-order chi connectivity index (χ0) is 24.4. The first-order chi connectivity index (χ1) is 17.0. The molecule has 1 amide bonds. The number of amides is 1. The number of aromatic nitrogens is 1. The summed E-state index contributed by atoms with van der Waals surface area (Å²) >= 11 is 12.0. The summed E-state index contributed by atoms with van der Waals surface area (Å²) in [5.74, 6) is 0.753. The molecule has 0 bridgehead atoms. The van der Waals surface area contributed by atoms with E-state index in [2.05, 4.69) is 34.3 Å². The molecule has 2 fully saturated rings. The molecule has 5 rings (SSSR count). The summed E-state index contributed by atoms with van der Waals surface area (Å²) in [7, 11) is 0. The van der Waals surface area contributed by atoms with Crippen LogP contribution in [0.5, 0.6) is 0 Å². The van der Waals surface area contributed by atoms with Crippen LogP contribution in [0, 0.1) is 5.92 Å². The van der Waals surface area contributed by atoms with Gasteiger partial charge in [0.05, 0.1) is 16.1 Å². The standard InChI is InChI=1S/C28H31Cl2N3O2/c29-24-7-5-19(15-25(24)30)6-8-28(35)33-13-9-20(10-14-33)17-32-12-11-22(27(34)18-32)23-16-31-26-4-2-1-3-21(23)26/h1-8,15-16,20,22,27,31,34H,9-14,17-18H2/b8-6+. The fraction of sp³-hybridized carbons (Fsp3) is 0.393. The van der Waals surface area contributed by atoms with Gasteiger partial charge in [0.1, 0.15) is 0 Å². The number of carbonyl (C=O) groups excluding carboxylic acids is 1. The van der Waals surface area contributed by atoms with Crippen molar-refractivity contribution in [1.82, 2.24) is 14.8 Å². The van der Waals surface area contributed by atoms with Crippen molar-refractivity contribution in [3.63, 3.8) is 0 Å². The number of aromatic amines is 1. The molecule has 0 radical (unpaired) electrons. The van der Waals surface area contributed by atoms with E-state index in [0.29, 0.717) is 22.5 Å². The van der Waals surface area contributed by atoms with Crippen LogP contribution in [0.1, 0.15) is 36.3 Å². The lowest BCUT2D eigenvalue weighted by Crippen LogP contribution is -2.46. The molecule has 0 aliphatic carbocycles. The lowest BCUT2D eigenvalue weighted by molar-refractivity contribution is -0.127. The molecule has 2 aromatic carbocycles. The van der Waals surface area contributed by atoms with Crippen LogP contribution in [-0.4, -0.2) is 64.6 Å². The Bertz CT molecular complexity index is 1220. The van der Waals surface area contributed by atoms with Gasteiger partial charge in [-0.2, -0.15) is 0 Å². The Labute approximate surface area is 216 Å². The van der Waals surface area contributed by atoms with Crippen LogP contribution in [-0.2, 0) is 4.79 Å². The third kappa shape index (κ3) is 5.59. The number of β-amino-alcohol motifs (C(OH)–C–C–N with tert-alkyl or cyclic N) is 1. The van der Waals surface area contributed by atoms with E-state index in [4.69, 9.17) is 23.2 Å². The average molecular weight is 512 g/mol. The van der Waals surface area contributed by atoms with Crippen molar-refractivity contribution >= 4 is 46.1 Å². The second-order valence-electron chi connectivity index (χ2n) is 9.79. The fourth-order valence-electron chi connectivity index (χ4n) is 5.52. The number of halogens is 2. The number of aliphatic hydroxyl groups is 1. The first-order valence-electron chi connectivity index (χ1n) is 12.4. The number of hydrogen-bond acceptors (Lipinski definition) is 3. The lowest BCUT2D eigenvalue weighted by Gasteiger charge is -2.39. The molecular formula is C28H31Cl2N3O2. The third-order valence-electron chi connectivity index (χ3n) is 7.49. The molecule has 2 N–H and O–H groups in total. The molecule has 3 heterocycles. The normalized spacial score (nSPS) is 22.3. The molecule has 2 unspecified atom stereocenters. The summed E-state index contributed by atoms with van der Waals surface area (Å²) in [5, 5.41) is 13.2. The van der Waals surface area contributed by atoms with Gasteiger partial charge in [0, 0.05) is 55.3 Å². The monoisotopic (exact) mass is 511 g/mol. The molecule has 184 valence electrons. The number of likely N-dealkylation sites (tertiary alicyclic amines) is 2. The summed E-state index contributed by atoms with van der Waals surface area (Å²) in [6.45, 7) is 4.22. The number of aliphatic hydroxyl groups excluding tert-OH is 1. The average Bonchev–Trinajstić information content (AvgIpc) is 3.29. The number of nitrogens with zero attached hydrogens (tertiary/aromatic N) is 2. The Hall–Kier alpha value is -2.31. The first-order valence-corrected chi connectivity index (χ1v) is 13.1. The number of carbonyl (C=O) groups is 1. The van der Waals surface area contributed by atoms with Gasteiger partial charge in [-0.15, -0.1) is 0 Å². The van der Waals surface area contributed by atoms with Gasteiger partial charge in [-0.05, 0) is 67.1 Å². The number of rotatable bonds is 5. The third-order valence-corrected chi connectivity index (χ3v) is 8.23. The number of piperidine rings is 2. The predicted molar refractivity (Wildman–Crippen MR) is 143 cm³/mol. The molecule has 7 heteroatoms. The van der Waals surface area contributed by atoms with Gasteiger partial charge in [0.2, 0.25) is 5.91 Å². The summed E-state index contributed by atoms with van der Waals surface area (Å²) in [5.41, 5.74) is 3.22. The molecule has 0 spiro atoms. The minimum absolute atomic E-state index is 0.0319. The van der Waals surface area contributed by atoms with Crippen molar-refractivity contribution in [2.24, 2.45) is 5.92 Å². The second-order valence-corrected chi connectivity index (χ2v) is 10.6. The predicted octanol–water partition coefficient (Wildman–Crippen LogP) is 5.58. The number of nitrogens with one attached hydrogen (secondary N) is 1. The molecular weight excluding hydrogens is 481 g/mol. The van der Waals surface area contributed by atoms with E-state index in [9.17, 15) is 9.90 Å². The largest absolute Gasteiger partial charge is 0.391 e. The van der Waals surface area contributed by atoms with Crippen LogP contribution >= 0.6 is 23.2 Å². The van der Waals surface area contributed by atoms with Crippen LogP contribution in [0.25, 0.3) is 17.0 Å². The maximum atomic E-state index is 12.6. The highest BCUT2D eigenvalue weighted by molar-refractivity contribution is 6.42. The lowest BCUT2D eigenvalue weighted by atomic mass is 9.86. The molecule has 2 atom stereocenters. The summed E-state index contributed by atoms with van der Waals surface area (Å²) in [6, 6.07) is 13.7. The summed E-state index contributed by atoms with van der Waals surface area (Å²) in [4.78, 5) is 20.3. The zero-order valence-electron chi connectivity index (χ0n) is 19.7. The fourth-order valence-corrected chi connectivity index (χ4v) is 5.82. The van der Waals surface area contributed by atoms with Crippen LogP contribution in [0.4, 0.5) is 0 Å². The van der Waals surface area contributed by atoms with E-state index in [-0.39, 0.29) is 17.9 Å². The Kier molecular flexibility index (Phi) is 7.49. The number of fused-ring (bicyclic) bond motifs is 1. The van der Waals surface area contributed by atoms with E-state index in [1.54, 1.807) is 24.3 Å². The quantitative estimate of drug-likeness (QED) is 0.439. The minimum Gasteiger partial charge on any atom is -0.391 e. The van der Waals surface area contributed by atoms with Gasteiger partial charge < -0.3 is 19.9 Å². The maximum Gasteiger partial charge on any atom is 0.246 e. The van der Waals surface area contributed by atoms with Gasteiger partial charge >= 0.3 is 0 Å². The molecule has 2 aliphatic rings. The molecule has 0 saturated carbocycles. The molecule has 5 nitrogen and oxygen atoms in total. The van der Waals surface area contributed by atoms with E-state index in [1.165, 1.54) is 10.9 Å². The smallest absolute Gasteiger partial charge is 0.246 e. The highest BCUT2D eigenvalue weighted by Crippen LogP contribution is 2.34. The number of benzene rings is 2.